The number of pyridine rings is 1. The molecule has 1 aromatic rings. The number of nitrogens with one attached hydrogen (secondary N) is 1. The summed E-state index contributed by atoms with van der Waals surface area (Å²) >= 11 is 3.23. The van der Waals surface area contributed by atoms with Gasteiger partial charge in [-0.2, -0.15) is 0 Å². The highest BCUT2D eigenvalue weighted by atomic mass is 79.9. The molecule has 1 rings (SSSR count). The van der Waals surface area contributed by atoms with Crippen LogP contribution in [-0.4, -0.2) is 31.2 Å². The molecule has 0 aliphatic heterocycles. The zero-order chi connectivity index (χ0) is 11.8. The van der Waals surface area contributed by atoms with E-state index < -0.39 is 0 Å². The number of halogens is 1. The summed E-state index contributed by atoms with van der Waals surface area (Å²) in [4.78, 5) is 15.7. The monoisotopic (exact) mass is 286 g/mol. The Kier molecular flexibility index (Phi) is 6.03. The highest BCUT2D eigenvalue weighted by Gasteiger charge is 2.05. The molecule has 0 spiro atoms. The van der Waals surface area contributed by atoms with Gasteiger partial charge in [0.15, 0.2) is 0 Å². The smallest absolute Gasteiger partial charge is 0.269 e. The maximum absolute atomic E-state index is 11.6. The van der Waals surface area contributed by atoms with Gasteiger partial charge < -0.3 is 10.1 Å². The van der Waals surface area contributed by atoms with E-state index in [0.29, 0.717) is 16.8 Å². The van der Waals surface area contributed by atoms with Crippen LogP contribution in [0.1, 0.15) is 23.3 Å². The first-order valence-corrected chi connectivity index (χ1v) is 5.93. The summed E-state index contributed by atoms with van der Waals surface area (Å²) in [5.41, 5.74) is 0.432. The van der Waals surface area contributed by atoms with Crippen molar-refractivity contribution in [2.75, 3.05) is 20.3 Å². The van der Waals surface area contributed by atoms with Crippen LogP contribution in [0.4, 0.5) is 0 Å². The van der Waals surface area contributed by atoms with E-state index >= 15 is 0 Å². The second-order valence-corrected chi connectivity index (χ2v) is 4.11. The molecule has 0 fully saturated rings. The Hall–Kier alpha value is -0.940. The molecule has 0 aromatic carbocycles. The number of hydrogen-bond acceptors (Lipinski definition) is 3. The van der Waals surface area contributed by atoms with Crippen LogP contribution in [0.2, 0.25) is 0 Å². The van der Waals surface area contributed by atoms with Crippen LogP contribution in [0.5, 0.6) is 0 Å². The van der Waals surface area contributed by atoms with E-state index in [0.717, 1.165) is 19.4 Å². The number of ether oxygens (including phenoxy) is 1. The van der Waals surface area contributed by atoms with Gasteiger partial charge in [-0.15, -0.1) is 0 Å². The fraction of sp³-hybridized carbons (Fsp3) is 0.455. The van der Waals surface area contributed by atoms with Gasteiger partial charge in [-0.3, -0.25) is 4.79 Å². The van der Waals surface area contributed by atoms with Crippen molar-refractivity contribution >= 4 is 21.8 Å². The van der Waals surface area contributed by atoms with Crippen molar-refractivity contribution in [3.05, 3.63) is 28.5 Å². The lowest BCUT2D eigenvalue weighted by Gasteiger charge is -2.04. The van der Waals surface area contributed by atoms with Crippen LogP contribution in [0.25, 0.3) is 0 Å². The number of methoxy groups -OCH3 is 1. The third-order valence-corrected chi connectivity index (χ3v) is 2.45. The molecule has 4 nitrogen and oxygen atoms in total. The van der Waals surface area contributed by atoms with E-state index in [1.807, 2.05) is 0 Å². The molecule has 16 heavy (non-hydrogen) atoms. The zero-order valence-electron chi connectivity index (χ0n) is 9.20. The zero-order valence-corrected chi connectivity index (χ0v) is 10.8. The molecule has 1 amide bonds. The van der Waals surface area contributed by atoms with Gasteiger partial charge in [0.2, 0.25) is 0 Å². The average molecular weight is 287 g/mol. The minimum absolute atomic E-state index is 0.140. The summed E-state index contributed by atoms with van der Waals surface area (Å²) in [6.45, 7) is 1.38. The van der Waals surface area contributed by atoms with Crippen molar-refractivity contribution in [2.45, 2.75) is 12.8 Å². The van der Waals surface area contributed by atoms with Crippen molar-refractivity contribution < 1.29 is 9.53 Å². The van der Waals surface area contributed by atoms with E-state index in [2.05, 4.69) is 26.2 Å². The van der Waals surface area contributed by atoms with Gasteiger partial charge in [-0.25, -0.2) is 4.98 Å². The molecule has 1 N–H and O–H groups in total. The number of carbonyl (C=O) groups excluding carboxylic acids is 1. The van der Waals surface area contributed by atoms with Crippen molar-refractivity contribution in [1.29, 1.82) is 0 Å². The van der Waals surface area contributed by atoms with Crippen molar-refractivity contribution in [3.63, 3.8) is 0 Å². The van der Waals surface area contributed by atoms with Gasteiger partial charge in [0.25, 0.3) is 5.91 Å². The number of nitrogens with zero attached hydrogens (tertiary/aromatic N) is 1. The first-order chi connectivity index (χ1) is 7.74. The normalized spacial score (nSPS) is 10.1. The highest BCUT2D eigenvalue weighted by Crippen LogP contribution is 2.05. The van der Waals surface area contributed by atoms with E-state index in [9.17, 15) is 4.79 Å². The van der Waals surface area contributed by atoms with Gasteiger partial charge in [0, 0.05) is 20.3 Å². The van der Waals surface area contributed by atoms with Gasteiger partial charge >= 0.3 is 0 Å². The van der Waals surface area contributed by atoms with E-state index in [4.69, 9.17) is 4.74 Å². The SMILES string of the molecule is COCCCCNC(=O)c1cccc(Br)n1. The molecule has 0 radical (unpaired) electrons. The number of rotatable bonds is 6. The summed E-state index contributed by atoms with van der Waals surface area (Å²) < 4.78 is 5.58. The van der Waals surface area contributed by atoms with Crippen LogP contribution >= 0.6 is 15.9 Å². The quantitative estimate of drug-likeness (QED) is 0.643. The second kappa shape index (κ2) is 7.35. The van der Waals surface area contributed by atoms with Crippen LogP contribution in [-0.2, 0) is 4.74 Å². The van der Waals surface area contributed by atoms with Crippen LogP contribution in [0.3, 0.4) is 0 Å². The Bertz CT molecular complexity index is 345. The molecule has 5 heteroatoms. The Labute approximate surface area is 104 Å². The van der Waals surface area contributed by atoms with Gasteiger partial charge in [-0.1, -0.05) is 6.07 Å². The molecule has 0 bridgehead atoms. The van der Waals surface area contributed by atoms with Crippen molar-refractivity contribution in [2.24, 2.45) is 0 Å². The Morgan fingerprint density at radius 1 is 1.50 bits per heavy atom. The largest absolute Gasteiger partial charge is 0.385 e. The third kappa shape index (κ3) is 4.72. The highest BCUT2D eigenvalue weighted by molar-refractivity contribution is 9.10. The lowest BCUT2D eigenvalue weighted by molar-refractivity contribution is 0.0946. The first-order valence-electron chi connectivity index (χ1n) is 5.13. The van der Waals surface area contributed by atoms with Crippen molar-refractivity contribution in [3.8, 4) is 0 Å². The number of unbranched alkanes of at least 4 members (excludes halogenated alkanes) is 1. The maximum Gasteiger partial charge on any atom is 0.269 e. The average Bonchev–Trinajstić information content (AvgIpc) is 2.28. The van der Waals surface area contributed by atoms with E-state index in [1.54, 1.807) is 25.3 Å². The lowest BCUT2D eigenvalue weighted by Crippen LogP contribution is -2.25. The summed E-state index contributed by atoms with van der Waals surface area (Å²) in [6.07, 6.45) is 1.86. The van der Waals surface area contributed by atoms with Crippen LogP contribution < -0.4 is 5.32 Å². The minimum Gasteiger partial charge on any atom is -0.385 e. The molecule has 0 atom stereocenters. The molecule has 1 aromatic heterocycles. The van der Waals surface area contributed by atoms with Gasteiger partial charge in [0.1, 0.15) is 10.3 Å². The molecule has 0 saturated carbocycles. The summed E-state index contributed by atoms with van der Waals surface area (Å²) in [5, 5.41) is 2.81. The molecular weight excluding hydrogens is 272 g/mol. The summed E-state index contributed by atoms with van der Waals surface area (Å²) in [7, 11) is 1.67. The van der Waals surface area contributed by atoms with Gasteiger partial charge in [-0.05, 0) is 40.9 Å². The third-order valence-electron chi connectivity index (χ3n) is 2.01. The first kappa shape index (κ1) is 13.1. The molecule has 0 aliphatic carbocycles. The minimum atomic E-state index is -0.140. The molecule has 1 heterocycles. The lowest BCUT2D eigenvalue weighted by atomic mass is 10.3. The van der Waals surface area contributed by atoms with Crippen LogP contribution in [0, 0.1) is 0 Å². The van der Waals surface area contributed by atoms with E-state index in [1.165, 1.54) is 0 Å². The van der Waals surface area contributed by atoms with E-state index in [-0.39, 0.29) is 5.91 Å². The number of aromatic nitrogens is 1. The number of carbonyl (C=O) groups is 1. The predicted octanol–water partition coefficient (Wildman–Crippen LogP) is 2.00. The van der Waals surface area contributed by atoms with Crippen molar-refractivity contribution in [1.82, 2.24) is 10.3 Å². The molecule has 0 aliphatic rings. The number of hydrogen-bond donors (Lipinski definition) is 1. The molecule has 88 valence electrons. The summed E-state index contributed by atoms with van der Waals surface area (Å²) in [5.74, 6) is -0.140. The Morgan fingerprint density at radius 2 is 2.31 bits per heavy atom. The summed E-state index contributed by atoms with van der Waals surface area (Å²) in [6, 6.07) is 5.27. The standard InChI is InChI=1S/C11H15BrN2O2/c1-16-8-3-2-7-13-11(15)9-5-4-6-10(12)14-9/h4-6H,2-3,7-8H2,1H3,(H,13,15). The second-order valence-electron chi connectivity index (χ2n) is 3.30. The predicted molar refractivity (Wildman–Crippen MR) is 65.4 cm³/mol. The van der Waals surface area contributed by atoms with Gasteiger partial charge in [0.05, 0.1) is 0 Å². The Balaban J connectivity index is 2.30. The fourth-order valence-electron chi connectivity index (χ4n) is 1.20. The van der Waals surface area contributed by atoms with Crippen LogP contribution in [0.15, 0.2) is 22.8 Å². The fourth-order valence-corrected chi connectivity index (χ4v) is 1.54. The molecular formula is C11H15BrN2O2. The topological polar surface area (TPSA) is 51.2 Å². The number of amides is 1. The maximum atomic E-state index is 11.6. The Morgan fingerprint density at radius 3 is 3.00 bits per heavy atom. The molecule has 0 saturated heterocycles. The molecule has 0 unspecified atom stereocenters.